The highest BCUT2D eigenvalue weighted by molar-refractivity contribution is 5.27. The molecule has 0 spiro atoms. The minimum atomic E-state index is 0.341. The van der Waals surface area contributed by atoms with Crippen LogP contribution in [0.2, 0.25) is 0 Å². The Morgan fingerprint density at radius 2 is 1.08 bits per heavy atom. The van der Waals surface area contributed by atoms with E-state index in [1.54, 1.807) is 0 Å². The molecule has 2 aliphatic heterocycles. The zero-order valence-electron chi connectivity index (χ0n) is 14.7. The van der Waals surface area contributed by atoms with Crippen molar-refractivity contribution in [3.8, 4) is 0 Å². The summed E-state index contributed by atoms with van der Waals surface area (Å²) >= 11 is 0. The molecule has 2 saturated heterocycles. The lowest BCUT2D eigenvalue weighted by Crippen LogP contribution is -2.36. The van der Waals surface area contributed by atoms with Gasteiger partial charge in [-0.1, -0.05) is 24.3 Å². The van der Waals surface area contributed by atoms with Crippen molar-refractivity contribution in [2.75, 3.05) is 39.4 Å². The van der Waals surface area contributed by atoms with Gasteiger partial charge in [-0.3, -0.25) is 9.80 Å². The minimum Gasteiger partial charge on any atom is -0.396 e. The number of aliphatic hydroxyl groups excluding tert-OH is 2. The summed E-state index contributed by atoms with van der Waals surface area (Å²) in [6.45, 7) is 7.14. The van der Waals surface area contributed by atoms with E-state index in [1.165, 1.54) is 11.1 Å². The van der Waals surface area contributed by atoms with Crippen LogP contribution in [-0.4, -0.2) is 59.4 Å². The first-order valence-electron chi connectivity index (χ1n) is 9.51. The fraction of sp³-hybridized carbons (Fsp3) is 0.700. The van der Waals surface area contributed by atoms with Crippen molar-refractivity contribution in [3.63, 3.8) is 0 Å². The predicted octanol–water partition coefficient (Wildman–Crippen LogP) is 2.10. The second kappa shape index (κ2) is 8.95. The first-order valence-corrected chi connectivity index (χ1v) is 9.51. The van der Waals surface area contributed by atoms with Crippen molar-refractivity contribution >= 4 is 0 Å². The van der Waals surface area contributed by atoms with Crippen molar-refractivity contribution < 1.29 is 10.2 Å². The van der Waals surface area contributed by atoms with Crippen LogP contribution in [0.3, 0.4) is 0 Å². The van der Waals surface area contributed by atoms with Gasteiger partial charge < -0.3 is 10.2 Å². The highest BCUT2D eigenvalue weighted by Crippen LogP contribution is 2.22. The summed E-state index contributed by atoms with van der Waals surface area (Å²) in [6, 6.07) is 8.84. The molecule has 0 saturated carbocycles. The molecule has 1 aromatic carbocycles. The maximum atomic E-state index is 9.29. The Morgan fingerprint density at radius 1 is 0.708 bits per heavy atom. The van der Waals surface area contributed by atoms with E-state index in [2.05, 4.69) is 34.1 Å². The first kappa shape index (κ1) is 17.9. The van der Waals surface area contributed by atoms with E-state index in [4.69, 9.17) is 0 Å². The number of nitrogens with zero attached hydrogens (tertiary/aromatic N) is 2. The van der Waals surface area contributed by atoms with Crippen LogP contribution in [0.5, 0.6) is 0 Å². The van der Waals surface area contributed by atoms with E-state index < -0.39 is 0 Å². The highest BCUT2D eigenvalue weighted by Gasteiger charge is 2.21. The molecular formula is C20H32N2O2. The molecule has 2 N–H and O–H groups in total. The van der Waals surface area contributed by atoms with Crippen LogP contribution in [0.1, 0.15) is 36.8 Å². The van der Waals surface area contributed by atoms with Gasteiger partial charge in [0.1, 0.15) is 0 Å². The van der Waals surface area contributed by atoms with E-state index in [0.29, 0.717) is 25.0 Å². The van der Waals surface area contributed by atoms with Gasteiger partial charge in [-0.15, -0.1) is 0 Å². The molecule has 2 heterocycles. The van der Waals surface area contributed by atoms with Crippen LogP contribution in [0.15, 0.2) is 24.3 Å². The Bertz CT molecular complexity index is 447. The second-order valence-corrected chi connectivity index (χ2v) is 7.57. The molecule has 24 heavy (non-hydrogen) atoms. The summed E-state index contributed by atoms with van der Waals surface area (Å²) in [4.78, 5) is 5.06. The molecule has 2 fully saturated rings. The number of hydrogen-bond acceptors (Lipinski definition) is 4. The fourth-order valence-corrected chi connectivity index (χ4v) is 4.00. The van der Waals surface area contributed by atoms with Gasteiger partial charge in [0.05, 0.1) is 0 Å². The Morgan fingerprint density at radius 3 is 1.42 bits per heavy atom. The van der Waals surface area contributed by atoms with Crippen molar-refractivity contribution in [2.45, 2.75) is 38.8 Å². The smallest absolute Gasteiger partial charge is 0.0460 e. The van der Waals surface area contributed by atoms with Gasteiger partial charge in [0.2, 0.25) is 0 Å². The summed E-state index contributed by atoms with van der Waals surface area (Å²) < 4.78 is 0. The Balaban J connectivity index is 1.55. The lowest BCUT2D eigenvalue weighted by atomic mass is 9.96. The zero-order valence-corrected chi connectivity index (χ0v) is 14.7. The largest absolute Gasteiger partial charge is 0.396 e. The molecule has 0 atom stereocenters. The molecule has 0 bridgehead atoms. The number of rotatable bonds is 6. The van der Waals surface area contributed by atoms with Crippen molar-refractivity contribution in [1.82, 2.24) is 9.80 Å². The van der Waals surface area contributed by atoms with Crippen LogP contribution in [0.25, 0.3) is 0 Å². The van der Waals surface area contributed by atoms with Gasteiger partial charge in [-0.25, -0.2) is 0 Å². The standard InChI is InChI=1S/C20H32N2O2/c23-15-17-5-9-21(10-6-17)13-19-3-1-2-4-20(19)14-22-11-7-18(16-24)8-12-22/h1-4,17-18,23-24H,5-16H2. The lowest BCUT2D eigenvalue weighted by molar-refractivity contribution is 0.122. The molecule has 2 aliphatic rings. The molecule has 4 nitrogen and oxygen atoms in total. The van der Waals surface area contributed by atoms with Crippen LogP contribution in [0, 0.1) is 11.8 Å². The van der Waals surface area contributed by atoms with Crippen molar-refractivity contribution in [2.24, 2.45) is 11.8 Å². The maximum Gasteiger partial charge on any atom is 0.0460 e. The van der Waals surface area contributed by atoms with Gasteiger partial charge in [0.25, 0.3) is 0 Å². The van der Waals surface area contributed by atoms with Gasteiger partial charge in [-0.05, 0) is 74.8 Å². The molecule has 0 radical (unpaired) electrons. The van der Waals surface area contributed by atoms with E-state index in [1.807, 2.05) is 0 Å². The quantitative estimate of drug-likeness (QED) is 0.837. The Labute approximate surface area is 146 Å². The van der Waals surface area contributed by atoms with Crippen molar-refractivity contribution in [1.29, 1.82) is 0 Å². The van der Waals surface area contributed by atoms with Crippen molar-refractivity contribution in [3.05, 3.63) is 35.4 Å². The van der Waals surface area contributed by atoms with Gasteiger partial charge in [0.15, 0.2) is 0 Å². The average Bonchev–Trinajstić information content (AvgIpc) is 2.64. The molecule has 4 heteroatoms. The third kappa shape index (κ3) is 4.79. The zero-order chi connectivity index (χ0) is 16.8. The molecule has 0 aromatic heterocycles. The van der Waals surface area contributed by atoms with E-state index in [9.17, 15) is 10.2 Å². The average molecular weight is 332 g/mol. The third-order valence-corrected chi connectivity index (χ3v) is 5.84. The minimum absolute atomic E-state index is 0.341. The fourth-order valence-electron chi connectivity index (χ4n) is 4.00. The molecule has 1 aromatic rings. The number of likely N-dealkylation sites (tertiary alicyclic amines) is 2. The first-order chi connectivity index (χ1) is 11.8. The Kier molecular flexibility index (Phi) is 6.67. The molecule has 0 amide bonds. The molecule has 134 valence electrons. The Hall–Kier alpha value is -0.940. The van der Waals surface area contributed by atoms with Gasteiger partial charge in [-0.2, -0.15) is 0 Å². The number of hydrogen-bond donors (Lipinski definition) is 2. The number of piperidine rings is 2. The van der Waals surface area contributed by atoms with Gasteiger partial charge in [0, 0.05) is 26.3 Å². The van der Waals surface area contributed by atoms with Gasteiger partial charge >= 0.3 is 0 Å². The van der Waals surface area contributed by atoms with Crippen LogP contribution in [-0.2, 0) is 13.1 Å². The summed E-state index contributed by atoms with van der Waals surface area (Å²) in [7, 11) is 0. The summed E-state index contributed by atoms with van der Waals surface area (Å²) in [5.41, 5.74) is 2.90. The second-order valence-electron chi connectivity index (χ2n) is 7.57. The third-order valence-electron chi connectivity index (χ3n) is 5.84. The summed E-state index contributed by atoms with van der Waals surface area (Å²) in [5.74, 6) is 1.01. The summed E-state index contributed by atoms with van der Waals surface area (Å²) in [6.07, 6.45) is 4.47. The molecule has 0 unspecified atom stereocenters. The molecule has 3 rings (SSSR count). The molecule has 0 aliphatic carbocycles. The van der Waals surface area contributed by atoms with E-state index in [-0.39, 0.29) is 0 Å². The van der Waals surface area contributed by atoms with E-state index in [0.717, 1.165) is 65.0 Å². The monoisotopic (exact) mass is 332 g/mol. The number of aliphatic hydroxyl groups is 2. The predicted molar refractivity (Wildman–Crippen MR) is 96.6 cm³/mol. The van der Waals surface area contributed by atoms with Crippen LogP contribution < -0.4 is 0 Å². The van der Waals surface area contributed by atoms with Crippen LogP contribution >= 0.6 is 0 Å². The number of benzene rings is 1. The maximum absolute atomic E-state index is 9.29. The van der Waals surface area contributed by atoms with Crippen LogP contribution in [0.4, 0.5) is 0 Å². The summed E-state index contributed by atoms with van der Waals surface area (Å²) in [5, 5.41) is 18.6. The topological polar surface area (TPSA) is 46.9 Å². The normalized spacial score (nSPS) is 22.1. The molecular weight excluding hydrogens is 300 g/mol. The SMILES string of the molecule is OCC1CCN(Cc2ccccc2CN2CCC(CO)CC2)CC1. The lowest BCUT2D eigenvalue weighted by Gasteiger charge is -2.33. The van der Waals surface area contributed by atoms with E-state index >= 15 is 0 Å². The highest BCUT2D eigenvalue weighted by atomic mass is 16.3.